The average molecular weight is 482 g/mol. The molecule has 1 aliphatic rings. The lowest BCUT2D eigenvalue weighted by atomic mass is 10.0. The van der Waals surface area contributed by atoms with Gasteiger partial charge in [0.25, 0.3) is 5.69 Å². The summed E-state index contributed by atoms with van der Waals surface area (Å²) in [6.45, 7) is 5.23. The predicted octanol–water partition coefficient (Wildman–Crippen LogP) is 3.42. The van der Waals surface area contributed by atoms with Gasteiger partial charge in [0, 0.05) is 61.1 Å². The van der Waals surface area contributed by atoms with Gasteiger partial charge in [-0.2, -0.15) is 4.31 Å². The minimum Gasteiger partial charge on any atom is -0.354 e. The van der Waals surface area contributed by atoms with Gasteiger partial charge >= 0.3 is 0 Å². The number of aromatic nitrogens is 2. The van der Waals surface area contributed by atoms with E-state index < -0.39 is 10.0 Å². The molecule has 0 unspecified atom stereocenters. The fourth-order valence-electron chi connectivity index (χ4n) is 4.16. The topological polar surface area (TPSA) is 110 Å². The SMILES string of the molecule is CCS(=O)(=O)N1CCN(c2nc(-c3ccccc3)nc(C)c2Cc2ccccc2[N+](=O)[O-])CC1. The van der Waals surface area contributed by atoms with Crippen molar-refractivity contribution in [1.82, 2.24) is 14.3 Å². The summed E-state index contributed by atoms with van der Waals surface area (Å²) in [4.78, 5) is 22.9. The first-order chi connectivity index (χ1) is 16.3. The van der Waals surface area contributed by atoms with Crippen LogP contribution in [-0.4, -0.2) is 59.5 Å². The molecule has 1 aromatic heterocycles. The van der Waals surface area contributed by atoms with Gasteiger partial charge in [0.2, 0.25) is 10.0 Å². The Morgan fingerprint density at radius 2 is 1.62 bits per heavy atom. The number of nitro groups is 1. The maximum Gasteiger partial charge on any atom is 0.272 e. The molecule has 1 aliphatic heterocycles. The first kappa shape index (κ1) is 23.8. The normalized spacial score (nSPS) is 14.8. The van der Waals surface area contributed by atoms with Crippen LogP contribution in [-0.2, 0) is 16.4 Å². The van der Waals surface area contributed by atoms with Gasteiger partial charge in [-0.05, 0) is 13.8 Å². The van der Waals surface area contributed by atoms with E-state index in [1.807, 2.05) is 37.3 Å². The van der Waals surface area contributed by atoms with Gasteiger partial charge in [-0.25, -0.2) is 18.4 Å². The molecule has 0 aliphatic carbocycles. The van der Waals surface area contributed by atoms with Gasteiger partial charge < -0.3 is 4.90 Å². The smallest absolute Gasteiger partial charge is 0.272 e. The Hall–Kier alpha value is -3.37. The molecule has 0 saturated carbocycles. The van der Waals surface area contributed by atoms with Crippen molar-refractivity contribution in [2.45, 2.75) is 20.3 Å². The Morgan fingerprint density at radius 1 is 0.971 bits per heavy atom. The second-order valence-electron chi connectivity index (χ2n) is 8.15. The van der Waals surface area contributed by atoms with Crippen LogP contribution in [0.2, 0.25) is 0 Å². The van der Waals surface area contributed by atoms with Crippen molar-refractivity contribution in [2.75, 3.05) is 36.8 Å². The summed E-state index contributed by atoms with van der Waals surface area (Å²) < 4.78 is 26.1. The number of nitro benzene ring substituents is 1. The highest BCUT2D eigenvalue weighted by Gasteiger charge is 2.28. The van der Waals surface area contributed by atoms with Crippen molar-refractivity contribution in [3.05, 3.63) is 81.5 Å². The van der Waals surface area contributed by atoms with Crippen molar-refractivity contribution in [2.24, 2.45) is 0 Å². The molecule has 0 spiro atoms. The summed E-state index contributed by atoms with van der Waals surface area (Å²) in [7, 11) is -3.26. The number of piperazine rings is 1. The van der Waals surface area contributed by atoms with Crippen LogP contribution in [0, 0.1) is 17.0 Å². The molecule has 10 heteroatoms. The zero-order chi connectivity index (χ0) is 24.3. The van der Waals surface area contributed by atoms with E-state index in [0.29, 0.717) is 49.8 Å². The molecule has 1 saturated heterocycles. The number of benzene rings is 2. The van der Waals surface area contributed by atoms with Gasteiger partial charge in [-0.3, -0.25) is 10.1 Å². The number of para-hydroxylation sites is 1. The Labute approximate surface area is 199 Å². The molecule has 34 heavy (non-hydrogen) atoms. The Balaban J connectivity index is 1.75. The third-order valence-electron chi connectivity index (χ3n) is 6.08. The third kappa shape index (κ3) is 4.92. The van der Waals surface area contributed by atoms with E-state index in [0.717, 1.165) is 16.8 Å². The summed E-state index contributed by atoms with van der Waals surface area (Å²) in [5.41, 5.74) is 3.06. The van der Waals surface area contributed by atoms with Crippen LogP contribution in [0.5, 0.6) is 0 Å². The van der Waals surface area contributed by atoms with Gasteiger partial charge in [-0.15, -0.1) is 0 Å². The zero-order valence-corrected chi connectivity index (χ0v) is 20.0. The Morgan fingerprint density at radius 3 is 2.26 bits per heavy atom. The molecule has 4 rings (SSSR count). The summed E-state index contributed by atoms with van der Waals surface area (Å²) in [6, 6.07) is 16.3. The molecule has 0 amide bonds. The highest BCUT2D eigenvalue weighted by Crippen LogP contribution is 2.30. The largest absolute Gasteiger partial charge is 0.354 e. The zero-order valence-electron chi connectivity index (χ0n) is 19.2. The number of aryl methyl sites for hydroxylation is 1. The minimum absolute atomic E-state index is 0.0545. The van der Waals surface area contributed by atoms with Crippen LogP contribution in [0.3, 0.4) is 0 Å². The molecule has 3 aromatic rings. The van der Waals surface area contributed by atoms with Crippen molar-refractivity contribution in [1.29, 1.82) is 0 Å². The van der Waals surface area contributed by atoms with E-state index in [9.17, 15) is 18.5 Å². The standard InChI is InChI=1S/C24H27N5O4S/c1-3-34(32,33)28-15-13-27(14-16-28)24-21(17-20-11-7-8-12-22(20)29(30)31)18(2)25-23(26-24)19-9-5-4-6-10-19/h4-12H,3,13-17H2,1-2H3. The molecule has 1 fully saturated rings. The van der Waals surface area contributed by atoms with Crippen molar-refractivity contribution < 1.29 is 13.3 Å². The lowest BCUT2D eigenvalue weighted by molar-refractivity contribution is -0.385. The molecule has 178 valence electrons. The number of hydrogen-bond donors (Lipinski definition) is 0. The molecule has 0 N–H and O–H groups in total. The molecule has 0 atom stereocenters. The predicted molar refractivity (Wildman–Crippen MR) is 131 cm³/mol. The van der Waals surface area contributed by atoms with Crippen LogP contribution in [0.15, 0.2) is 54.6 Å². The maximum absolute atomic E-state index is 12.3. The Kier molecular flexibility index (Phi) is 6.90. The molecule has 2 aromatic carbocycles. The first-order valence-corrected chi connectivity index (χ1v) is 12.8. The maximum atomic E-state index is 12.3. The summed E-state index contributed by atoms with van der Waals surface area (Å²) >= 11 is 0. The van der Waals surface area contributed by atoms with Crippen LogP contribution < -0.4 is 4.90 Å². The van der Waals surface area contributed by atoms with Crippen LogP contribution in [0.25, 0.3) is 11.4 Å². The van der Waals surface area contributed by atoms with E-state index in [2.05, 4.69) is 4.90 Å². The summed E-state index contributed by atoms with van der Waals surface area (Å²) in [5.74, 6) is 1.34. The minimum atomic E-state index is -3.26. The first-order valence-electron chi connectivity index (χ1n) is 11.2. The molecule has 2 heterocycles. The van der Waals surface area contributed by atoms with Gasteiger partial charge in [0.05, 0.1) is 10.7 Å². The fourth-order valence-corrected chi connectivity index (χ4v) is 5.24. The molecular weight excluding hydrogens is 454 g/mol. The number of rotatable bonds is 7. The van der Waals surface area contributed by atoms with Crippen LogP contribution in [0.1, 0.15) is 23.7 Å². The molecular formula is C24H27N5O4S. The van der Waals surface area contributed by atoms with E-state index >= 15 is 0 Å². The highest BCUT2D eigenvalue weighted by molar-refractivity contribution is 7.89. The summed E-state index contributed by atoms with van der Waals surface area (Å²) in [5, 5.41) is 11.6. The number of sulfonamides is 1. The van der Waals surface area contributed by atoms with Crippen molar-refractivity contribution in [3.8, 4) is 11.4 Å². The molecule has 0 radical (unpaired) electrons. The Bertz CT molecular complexity index is 1290. The summed E-state index contributed by atoms with van der Waals surface area (Å²) in [6.07, 6.45) is 0.306. The number of anilines is 1. The second-order valence-corrected chi connectivity index (χ2v) is 10.4. The van der Waals surface area contributed by atoms with Gasteiger partial charge in [0.15, 0.2) is 5.82 Å². The van der Waals surface area contributed by atoms with Crippen LogP contribution in [0.4, 0.5) is 11.5 Å². The van der Waals surface area contributed by atoms with Crippen molar-refractivity contribution in [3.63, 3.8) is 0 Å². The van der Waals surface area contributed by atoms with Crippen LogP contribution >= 0.6 is 0 Å². The molecule has 9 nitrogen and oxygen atoms in total. The third-order valence-corrected chi connectivity index (χ3v) is 7.96. The lowest BCUT2D eigenvalue weighted by Gasteiger charge is -2.35. The molecule has 0 bridgehead atoms. The number of nitrogens with zero attached hydrogens (tertiary/aromatic N) is 5. The quantitative estimate of drug-likeness (QED) is 0.376. The van der Waals surface area contributed by atoms with E-state index in [4.69, 9.17) is 9.97 Å². The monoisotopic (exact) mass is 481 g/mol. The fraction of sp³-hybridized carbons (Fsp3) is 0.333. The van der Waals surface area contributed by atoms with Crippen molar-refractivity contribution >= 4 is 21.5 Å². The highest BCUT2D eigenvalue weighted by atomic mass is 32.2. The van der Waals surface area contributed by atoms with E-state index in [-0.39, 0.29) is 16.4 Å². The average Bonchev–Trinajstić information content (AvgIpc) is 2.86. The van der Waals surface area contributed by atoms with E-state index in [1.165, 1.54) is 10.4 Å². The lowest BCUT2D eigenvalue weighted by Crippen LogP contribution is -2.49. The second kappa shape index (κ2) is 9.86. The van der Waals surface area contributed by atoms with Gasteiger partial charge in [-0.1, -0.05) is 48.5 Å². The van der Waals surface area contributed by atoms with Gasteiger partial charge in [0.1, 0.15) is 5.82 Å². The number of hydrogen-bond acceptors (Lipinski definition) is 7. The van der Waals surface area contributed by atoms with E-state index in [1.54, 1.807) is 25.1 Å².